The summed E-state index contributed by atoms with van der Waals surface area (Å²) in [5.41, 5.74) is 16.4. The average Bonchev–Trinajstić information content (AvgIpc) is 3.83. The highest BCUT2D eigenvalue weighted by molar-refractivity contribution is 7.26. The van der Waals surface area contributed by atoms with Gasteiger partial charge in [0.2, 0.25) is 0 Å². The van der Waals surface area contributed by atoms with E-state index >= 15 is 0 Å². The van der Waals surface area contributed by atoms with Gasteiger partial charge in [0, 0.05) is 42.5 Å². The maximum Gasteiger partial charge on any atom is 0.0727 e. The SMILES string of the molecule is CC1(C)c2ccccc2-c2c(N(c3ccccc3)c3ccc4c(c3)sc3c(C5(c6ccccc6)c6ccccc6-c6ccccc65)cccc34)cccc21. The fourth-order valence-corrected chi connectivity index (χ4v) is 11.1. The van der Waals surface area contributed by atoms with Crippen molar-refractivity contribution >= 4 is 48.6 Å². The predicted molar refractivity (Wildman–Crippen MR) is 229 cm³/mol. The number of anilines is 3. The summed E-state index contributed by atoms with van der Waals surface area (Å²) >= 11 is 1.93. The molecule has 0 atom stereocenters. The van der Waals surface area contributed by atoms with Gasteiger partial charge in [0.25, 0.3) is 0 Å². The van der Waals surface area contributed by atoms with Crippen molar-refractivity contribution < 1.29 is 0 Å². The molecular weight excluding hydrogens is 671 g/mol. The third-order valence-corrected chi connectivity index (χ3v) is 13.3. The van der Waals surface area contributed by atoms with Gasteiger partial charge in [0.05, 0.1) is 11.1 Å². The Balaban J connectivity index is 1.17. The molecule has 0 amide bonds. The molecule has 11 rings (SSSR count). The fraction of sp³-hybridized carbons (Fsp3) is 0.0769. The molecule has 9 aromatic rings. The summed E-state index contributed by atoms with van der Waals surface area (Å²) in [5, 5.41) is 2.60. The van der Waals surface area contributed by atoms with Crippen LogP contribution in [0.15, 0.2) is 188 Å². The van der Waals surface area contributed by atoms with Gasteiger partial charge in [-0.2, -0.15) is 0 Å². The summed E-state index contributed by atoms with van der Waals surface area (Å²) in [6.45, 7) is 4.72. The molecule has 0 bridgehead atoms. The number of benzene rings is 8. The van der Waals surface area contributed by atoms with Gasteiger partial charge in [-0.05, 0) is 80.4 Å². The Morgan fingerprint density at radius 2 is 1.00 bits per heavy atom. The lowest BCUT2D eigenvalue weighted by atomic mass is 9.67. The highest BCUT2D eigenvalue weighted by Gasteiger charge is 2.47. The van der Waals surface area contributed by atoms with Crippen molar-refractivity contribution in [1.82, 2.24) is 0 Å². The molecule has 54 heavy (non-hydrogen) atoms. The first kappa shape index (κ1) is 31.3. The van der Waals surface area contributed by atoms with Gasteiger partial charge in [0.1, 0.15) is 0 Å². The van der Waals surface area contributed by atoms with Crippen molar-refractivity contribution in [3.8, 4) is 22.3 Å². The van der Waals surface area contributed by atoms with Gasteiger partial charge in [-0.15, -0.1) is 11.3 Å². The molecule has 0 fully saturated rings. The monoisotopic (exact) mass is 707 g/mol. The second kappa shape index (κ2) is 11.6. The molecule has 256 valence electrons. The van der Waals surface area contributed by atoms with Crippen molar-refractivity contribution in [2.45, 2.75) is 24.7 Å². The normalized spacial score (nSPS) is 14.4. The highest BCUT2D eigenvalue weighted by Crippen LogP contribution is 2.59. The van der Waals surface area contributed by atoms with Crippen LogP contribution in [0.4, 0.5) is 17.1 Å². The van der Waals surface area contributed by atoms with Crippen LogP contribution in [0.5, 0.6) is 0 Å². The summed E-state index contributed by atoms with van der Waals surface area (Å²) in [5.74, 6) is 0. The minimum absolute atomic E-state index is 0.0810. The van der Waals surface area contributed by atoms with Crippen molar-refractivity contribution in [3.05, 3.63) is 221 Å². The molecular formula is C52H37NS. The molecule has 8 aromatic carbocycles. The van der Waals surface area contributed by atoms with Gasteiger partial charge in [-0.1, -0.05) is 172 Å². The van der Waals surface area contributed by atoms with E-state index in [9.17, 15) is 0 Å². The molecule has 2 aliphatic rings. The lowest BCUT2D eigenvalue weighted by Gasteiger charge is -2.34. The quantitative estimate of drug-likeness (QED) is 0.172. The first-order valence-electron chi connectivity index (χ1n) is 18.9. The number of hydrogen-bond acceptors (Lipinski definition) is 2. The predicted octanol–water partition coefficient (Wildman–Crippen LogP) is 14.2. The highest BCUT2D eigenvalue weighted by atomic mass is 32.1. The van der Waals surface area contributed by atoms with E-state index < -0.39 is 5.41 Å². The molecule has 1 heterocycles. The maximum absolute atomic E-state index is 2.47. The minimum atomic E-state index is -0.446. The van der Waals surface area contributed by atoms with Gasteiger partial charge in [-0.3, -0.25) is 0 Å². The van der Waals surface area contributed by atoms with Crippen molar-refractivity contribution in [2.75, 3.05) is 4.90 Å². The molecule has 0 saturated heterocycles. The summed E-state index contributed by atoms with van der Waals surface area (Å²) < 4.78 is 2.62. The Morgan fingerprint density at radius 1 is 0.426 bits per heavy atom. The zero-order chi connectivity index (χ0) is 36.0. The average molecular weight is 708 g/mol. The van der Waals surface area contributed by atoms with E-state index in [0.717, 1.165) is 11.4 Å². The number of nitrogens with zero attached hydrogens (tertiary/aromatic N) is 1. The molecule has 0 N–H and O–H groups in total. The summed E-state index contributed by atoms with van der Waals surface area (Å²) in [6.07, 6.45) is 0. The maximum atomic E-state index is 2.47. The topological polar surface area (TPSA) is 3.24 Å². The van der Waals surface area contributed by atoms with E-state index in [-0.39, 0.29) is 5.41 Å². The Labute approximate surface area is 320 Å². The van der Waals surface area contributed by atoms with E-state index in [0.29, 0.717) is 0 Å². The van der Waals surface area contributed by atoms with Crippen LogP contribution in [0.3, 0.4) is 0 Å². The first-order chi connectivity index (χ1) is 26.6. The summed E-state index contributed by atoms with van der Waals surface area (Å²) in [7, 11) is 0. The van der Waals surface area contributed by atoms with E-state index in [4.69, 9.17) is 0 Å². The molecule has 0 aliphatic heterocycles. The molecule has 1 aromatic heterocycles. The van der Waals surface area contributed by atoms with Gasteiger partial charge in [0.15, 0.2) is 0 Å². The van der Waals surface area contributed by atoms with Gasteiger partial charge >= 0.3 is 0 Å². The van der Waals surface area contributed by atoms with Crippen molar-refractivity contribution in [1.29, 1.82) is 0 Å². The van der Waals surface area contributed by atoms with Crippen LogP contribution in [0.2, 0.25) is 0 Å². The molecule has 2 aliphatic carbocycles. The number of para-hydroxylation sites is 1. The fourth-order valence-electron chi connectivity index (χ4n) is 9.83. The van der Waals surface area contributed by atoms with E-state index in [1.165, 1.54) is 81.5 Å². The second-order valence-electron chi connectivity index (χ2n) is 15.2. The summed E-state index contributed by atoms with van der Waals surface area (Å²) in [6, 6.07) is 70.0. The second-order valence-corrected chi connectivity index (χ2v) is 16.3. The van der Waals surface area contributed by atoms with Crippen LogP contribution in [-0.4, -0.2) is 0 Å². The molecule has 1 nitrogen and oxygen atoms in total. The van der Waals surface area contributed by atoms with E-state index in [1.807, 2.05) is 11.3 Å². The van der Waals surface area contributed by atoms with E-state index in [1.54, 1.807) is 0 Å². The van der Waals surface area contributed by atoms with Crippen LogP contribution in [0.25, 0.3) is 42.4 Å². The van der Waals surface area contributed by atoms with Gasteiger partial charge < -0.3 is 4.90 Å². The number of fused-ring (bicyclic) bond motifs is 9. The van der Waals surface area contributed by atoms with Crippen LogP contribution in [0.1, 0.15) is 47.2 Å². The lowest BCUT2D eigenvalue weighted by Crippen LogP contribution is -2.28. The standard InChI is InChI=1S/C52H37NS/c1-51(2)42-25-12-11-23-41(42)49-45(51)28-16-30-47(49)53(35-19-7-4-8-20-35)36-31-32-39-40-24-15-29-46(50(40)54-48(39)33-36)52(34-17-5-3-6-18-34)43-26-13-9-21-37(43)38-22-10-14-27-44(38)52/h3-33H,1-2H3. The van der Waals surface area contributed by atoms with Crippen LogP contribution < -0.4 is 4.90 Å². The number of hydrogen-bond donors (Lipinski definition) is 0. The van der Waals surface area contributed by atoms with Crippen LogP contribution >= 0.6 is 11.3 Å². The first-order valence-corrected chi connectivity index (χ1v) is 19.7. The lowest BCUT2D eigenvalue weighted by molar-refractivity contribution is 0.660. The molecule has 0 spiro atoms. The van der Waals surface area contributed by atoms with E-state index in [2.05, 4.69) is 207 Å². The molecule has 2 heteroatoms. The number of thiophene rings is 1. The van der Waals surface area contributed by atoms with Crippen LogP contribution in [-0.2, 0) is 10.8 Å². The number of rotatable bonds is 5. The molecule has 0 saturated carbocycles. The van der Waals surface area contributed by atoms with Crippen LogP contribution in [0, 0.1) is 0 Å². The molecule has 0 radical (unpaired) electrons. The van der Waals surface area contributed by atoms with Gasteiger partial charge in [-0.25, -0.2) is 0 Å². The Bertz CT molecular complexity index is 2870. The third-order valence-electron chi connectivity index (χ3n) is 12.1. The Kier molecular flexibility index (Phi) is 6.75. The Morgan fingerprint density at radius 3 is 1.72 bits per heavy atom. The summed E-state index contributed by atoms with van der Waals surface area (Å²) in [4.78, 5) is 2.47. The minimum Gasteiger partial charge on any atom is -0.310 e. The van der Waals surface area contributed by atoms with Crippen molar-refractivity contribution in [2.24, 2.45) is 0 Å². The smallest absolute Gasteiger partial charge is 0.0727 e. The molecule has 0 unspecified atom stereocenters. The largest absolute Gasteiger partial charge is 0.310 e. The Hall–Kier alpha value is -6.22. The van der Waals surface area contributed by atoms with Crippen molar-refractivity contribution in [3.63, 3.8) is 0 Å². The zero-order valence-corrected chi connectivity index (χ0v) is 31.1. The zero-order valence-electron chi connectivity index (χ0n) is 30.3. The third kappa shape index (κ3) is 4.20.